The van der Waals surface area contributed by atoms with Crippen molar-refractivity contribution in [3.63, 3.8) is 0 Å². The molecule has 3 rings (SSSR count). The van der Waals surface area contributed by atoms with Gasteiger partial charge in [0, 0.05) is 22.2 Å². The average Bonchev–Trinajstić information content (AvgIpc) is 2.86. The molecular formula is C18H16F3N3O. The number of aryl methyl sites for hydroxylation is 2. The summed E-state index contributed by atoms with van der Waals surface area (Å²) in [7, 11) is 0. The van der Waals surface area contributed by atoms with Gasteiger partial charge in [0.1, 0.15) is 0 Å². The SMILES string of the molecule is Cc1[nH]c2ccc(C(=O)NNc3ccccc3C(F)(F)F)cc2c1C. The molecule has 3 N–H and O–H groups in total. The fourth-order valence-electron chi connectivity index (χ4n) is 2.64. The van der Waals surface area contributed by atoms with Gasteiger partial charge in [-0.2, -0.15) is 13.2 Å². The molecule has 130 valence electrons. The van der Waals surface area contributed by atoms with Crippen LogP contribution in [0, 0.1) is 13.8 Å². The van der Waals surface area contributed by atoms with Gasteiger partial charge in [0.25, 0.3) is 5.91 Å². The van der Waals surface area contributed by atoms with Crippen molar-refractivity contribution in [3.8, 4) is 0 Å². The summed E-state index contributed by atoms with van der Waals surface area (Å²) in [5.41, 5.74) is 6.91. The summed E-state index contributed by atoms with van der Waals surface area (Å²) in [4.78, 5) is 15.5. The minimum atomic E-state index is -4.51. The zero-order valence-corrected chi connectivity index (χ0v) is 13.6. The summed E-state index contributed by atoms with van der Waals surface area (Å²) in [6.07, 6.45) is -4.51. The number of fused-ring (bicyclic) bond motifs is 1. The number of para-hydroxylation sites is 1. The van der Waals surface area contributed by atoms with Crippen LogP contribution in [-0.4, -0.2) is 10.9 Å². The molecule has 0 saturated heterocycles. The summed E-state index contributed by atoms with van der Waals surface area (Å²) in [6, 6.07) is 10.1. The van der Waals surface area contributed by atoms with Crippen molar-refractivity contribution in [3.05, 3.63) is 64.8 Å². The molecule has 0 atom stereocenters. The molecule has 7 heteroatoms. The lowest BCUT2D eigenvalue weighted by Gasteiger charge is -2.15. The van der Waals surface area contributed by atoms with E-state index in [9.17, 15) is 18.0 Å². The smallest absolute Gasteiger partial charge is 0.358 e. The second kappa shape index (κ2) is 6.16. The van der Waals surface area contributed by atoms with Crippen LogP contribution in [0.15, 0.2) is 42.5 Å². The summed E-state index contributed by atoms with van der Waals surface area (Å²) in [6.45, 7) is 3.87. The monoisotopic (exact) mass is 347 g/mol. The number of halogens is 3. The van der Waals surface area contributed by atoms with Crippen LogP contribution in [0.3, 0.4) is 0 Å². The number of alkyl halides is 3. The van der Waals surface area contributed by atoms with Gasteiger partial charge < -0.3 is 4.98 Å². The Balaban J connectivity index is 1.81. The lowest BCUT2D eigenvalue weighted by Crippen LogP contribution is -2.30. The van der Waals surface area contributed by atoms with Gasteiger partial charge in [-0.15, -0.1) is 0 Å². The second-order valence-corrected chi connectivity index (χ2v) is 5.76. The third-order valence-corrected chi connectivity index (χ3v) is 4.11. The van der Waals surface area contributed by atoms with Crippen molar-refractivity contribution in [2.45, 2.75) is 20.0 Å². The van der Waals surface area contributed by atoms with Crippen LogP contribution < -0.4 is 10.9 Å². The van der Waals surface area contributed by atoms with Crippen LogP contribution in [-0.2, 0) is 6.18 Å². The molecule has 25 heavy (non-hydrogen) atoms. The standard InChI is InChI=1S/C18H16F3N3O/c1-10-11(2)22-15-8-7-12(9-13(10)15)17(25)24-23-16-6-4-3-5-14(16)18(19,20)21/h3-9,22-23H,1-2H3,(H,24,25). The van der Waals surface area contributed by atoms with E-state index in [4.69, 9.17) is 0 Å². The van der Waals surface area contributed by atoms with Crippen molar-refractivity contribution in [1.29, 1.82) is 0 Å². The first-order valence-electron chi connectivity index (χ1n) is 7.59. The Labute approximate surface area is 142 Å². The molecule has 0 aliphatic heterocycles. The highest BCUT2D eigenvalue weighted by Gasteiger charge is 2.33. The van der Waals surface area contributed by atoms with Crippen molar-refractivity contribution >= 4 is 22.5 Å². The molecule has 1 heterocycles. The largest absolute Gasteiger partial charge is 0.418 e. The molecular weight excluding hydrogens is 331 g/mol. The maximum atomic E-state index is 13.0. The minimum Gasteiger partial charge on any atom is -0.358 e. The van der Waals surface area contributed by atoms with E-state index in [1.54, 1.807) is 18.2 Å². The first-order valence-corrected chi connectivity index (χ1v) is 7.59. The van der Waals surface area contributed by atoms with Gasteiger partial charge in [-0.1, -0.05) is 12.1 Å². The molecule has 0 bridgehead atoms. The molecule has 2 aromatic carbocycles. The summed E-state index contributed by atoms with van der Waals surface area (Å²) in [5.74, 6) is -0.517. The lowest BCUT2D eigenvalue weighted by molar-refractivity contribution is -0.137. The third-order valence-electron chi connectivity index (χ3n) is 4.11. The predicted octanol–water partition coefficient (Wildman–Crippen LogP) is 4.56. The van der Waals surface area contributed by atoms with E-state index in [2.05, 4.69) is 15.8 Å². The maximum Gasteiger partial charge on any atom is 0.418 e. The number of carbonyl (C=O) groups is 1. The third kappa shape index (κ3) is 3.31. The molecule has 0 saturated carbocycles. The van der Waals surface area contributed by atoms with E-state index in [1.807, 2.05) is 13.8 Å². The number of amides is 1. The minimum absolute atomic E-state index is 0.210. The van der Waals surface area contributed by atoms with Crippen LogP contribution in [0.25, 0.3) is 10.9 Å². The topological polar surface area (TPSA) is 56.9 Å². The van der Waals surface area contributed by atoms with E-state index in [0.717, 1.165) is 28.2 Å². The molecule has 0 aliphatic rings. The molecule has 1 aromatic heterocycles. The predicted molar refractivity (Wildman–Crippen MR) is 90.3 cm³/mol. The van der Waals surface area contributed by atoms with E-state index in [-0.39, 0.29) is 5.69 Å². The van der Waals surface area contributed by atoms with Crippen molar-refractivity contribution in [2.24, 2.45) is 0 Å². The number of benzene rings is 2. The molecule has 0 spiro atoms. The Kier molecular flexibility index (Phi) is 4.16. The van der Waals surface area contributed by atoms with Gasteiger partial charge >= 0.3 is 6.18 Å². The maximum absolute atomic E-state index is 13.0. The van der Waals surface area contributed by atoms with Gasteiger partial charge in [0.2, 0.25) is 0 Å². The van der Waals surface area contributed by atoms with Crippen molar-refractivity contribution < 1.29 is 18.0 Å². The molecule has 1 amide bonds. The van der Waals surface area contributed by atoms with Gasteiger partial charge in [0.15, 0.2) is 0 Å². The molecule has 0 unspecified atom stereocenters. The number of aromatic nitrogens is 1. The lowest BCUT2D eigenvalue weighted by atomic mass is 10.1. The van der Waals surface area contributed by atoms with E-state index in [1.165, 1.54) is 18.2 Å². The van der Waals surface area contributed by atoms with Gasteiger partial charge in [-0.3, -0.25) is 15.6 Å². The van der Waals surface area contributed by atoms with E-state index >= 15 is 0 Å². The second-order valence-electron chi connectivity index (χ2n) is 5.76. The summed E-state index contributed by atoms with van der Waals surface area (Å²) >= 11 is 0. The van der Waals surface area contributed by atoms with Gasteiger partial charge in [-0.05, 0) is 49.7 Å². The number of H-pyrrole nitrogens is 1. The van der Waals surface area contributed by atoms with E-state index < -0.39 is 17.6 Å². The highest BCUT2D eigenvalue weighted by atomic mass is 19.4. The number of hydrazine groups is 1. The summed E-state index contributed by atoms with van der Waals surface area (Å²) < 4.78 is 38.9. The Bertz CT molecular complexity index is 944. The van der Waals surface area contributed by atoms with Crippen molar-refractivity contribution in [2.75, 3.05) is 5.43 Å². The Morgan fingerprint density at radius 3 is 2.52 bits per heavy atom. The van der Waals surface area contributed by atoms with Crippen molar-refractivity contribution in [1.82, 2.24) is 10.4 Å². The summed E-state index contributed by atoms with van der Waals surface area (Å²) in [5, 5.41) is 0.904. The molecule has 4 nitrogen and oxygen atoms in total. The number of aromatic amines is 1. The number of hydrogen-bond donors (Lipinski definition) is 3. The zero-order valence-electron chi connectivity index (χ0n) is 13.6. The fourth-order valence-corrected chi connectivity index (χ4v) is 2.64. The van der Waals surface area contributed by atoms with Crippen LogP contribution in [0.1, 0.15) is 27.2 Å². The van der Waals surface area contributed by atoms with Crippen LogP contribution in [0.2, 0.25) is 0 Å². The van der Waals surface area contributed by atoms with Gasteiger partial charge in [0.05, 0.1) is 11.3 Å². The number of hydrogen-bond acceptors (Lipinski definition) is 2. The highest BCUT2D eigenvalue weighted by Crippen LogP contribution is 2.34. The number of anilines is 1. The quantitative estimate of drug-likeness (QED) is 0.608. The fraction of sp³-hybridized carbons (Fsp3) is 0.167. The molecule has 0 radical (unpaired) electrons. The Morgan fingerprint density at radius 2 is 1.80 bits per heavy atom. The average molecular weight is 347 g/mol. The Hall–Kier alpha value is -2.96. The van der Waals surface area contributed by atoms with Crippen LogP contribution in [0.4, 0.5) is 18.9 Å². The highest BCUT2D eigenvalue weighted by molar-refractivity contribution is 5.99. The molecule has 0 fully saturated rings. The van der Waals surface area contributed by atoms with Crippen LogP contribution >= 0.6 is 0 Å². The normalized spacial score (nSPS) is 11.6. The number of nitrogens with one attached hydrogen (secondary N) is 3. The first-order chi connectivity index (χ1) is 11.8. The molecule has 0 aliphatic carbocycles. The molecule has 3 aromatic rings. The Morgan fingerprint density at radius 1 is 1.08 bits per heavy atom. The first kappa shape index (κ1) is 16.9. The number of carbonyl (C=O) groups excluding carboxylic acids is 1. The van der Waals surface area contributed by atoms with E-state index in [0.29, 0.717) is 5.56 Å². The number of rotatable bonds is 3. The zero-order chi connectivity index (χ0) is 18.2. The van der Waals surface area contributed by atoms with Gasteiger partial charge in [-0.25, -0.2) is 0 Å². The van der Waals surface area contributed by atoms with Crippen LogP contribution in [0.5, 0.6) is 0 Å².